The number of hydrogen-bond donors (Lipinski definition) is 0. The van der Waals surface area contributed by atoms with Crippen molar-refractivity contribution in [1.82, 2.24) is 9.88 Å². The van der Waals surface area contributed by atoms with E-state index in [2.05, 4.69) is 14.8 Å². The molecule has 2 heterocycles. The van der Waals surface area contributed by atoms with Crippen molar-refractivity contribution < 1.29 is 4.39 Å². The fourth-order valence-electron chi connectivity index (χ4n) is 1.89. The number of pyridine rings is 1. The number of halogens is 1. The SMILES string of the molecule is CN1CCN(c2cccnc2)CC1CF. The van der Waals surface area contributed by atoms with Gasteiger partial charge < -0.3 is 4.90 Å². The van der Waals surface area contributed by atoms with Gasteiger partial charge in [-0.15, -0.1) is 0 Å². The highest BCUT2D eigenvalue weighted by Gasteiger charge is 2.24. The molecular formula is C11H16FN3. The van der Waals surface area contributed by atoms with Gasteiger partial charge in [-0.1, -0.05) is 0 Å². The van der Waals surface area contributed by atoms with E-state index in [-0.39, 0.29) is 12.7 Å². The zero-order chi connectivity index (χ0) is 10.7. The molecule has 1 saturated heterocycles. The Hall–Kier alpha value is -1.16. The molecule has 1 aromatic rings. The van der Waals surface area contributed by atoms with Crippen LogP contribution in [0.15, 0.2) is 24.5 Å². The summed E-state index contributed by atoms with van der Waals surface area (Å²) in [5.74, 6) is 0. The van der Waals surface area contributed by atoms with Crippen molar-refractivity contribution in [3.8, 4) is 0 Å². The van der Waals surface area contributed by atoms with E-state index in [1.54, 1.807) is 6.20 Å². The number of nitrogens with zero attached hydrogens (tertiary/aromatic N) is 3. The Kier molecular flexibility index (Phi) is 3.16. The van der Waals surface area contributed by atoms with Gasteiger partial charge in [0.1, 0.15) is 6.67 Å². The van der Waals surface area contributed by atoms with Crippen molar-refractivity contribution in [2.75, 3.05) is 38.3 Å². The number of aromatic nitrogens is 1. The van der Waals surface area contributed by atoms with Gasteiger partial charge in [-0.05, 0) is 19.2 Å². The third kappa shape index (κ3) is 2.26. The van der Waals surface area contributed by atoms with Crippen molar-refractivity contribution in [3.05, 3.63) is 24.5 Å². The first-order valence-electron chi connectivity index (χ1n) is 5.22. The summed E-state index contributed by atoms with van der Waals surface area (Å²) in [6, 6.07) is 3.95. The Morgan fingerprint density at radius 1 is 1.53 bits per heavy atom. The topological polar surface area (TPSA) is 19.4 Å². The zero-order valence-electron chi connectivity index (χ0n) is 8.93. The van der Waals surface area contributed by atoms with Gasteiger partial charge in [0.05, 0.1) is 17.9 Å². The van der Waals surface area contributed by atoms with Crippen molar-refractivity contribution in [1.29, 1.82) is 0 Å². The second kappa shape index (κ2) is 4.57. The van der Waals surface area contributed by atoms with Crippen LogP contribution in [0.1, 0.15) is 0 Å². The van der Waals surface area contributed by atoms with Gasteiger partial charge in [0, 0.05) is 25.8 Å². The largest absolute Gasteiger partial charge is 0.367 e. The number of piperazine rings is 1. The fourth-order valence-corrected chi connectivity index (χ4v) is 1.89. The van der Waals surface area contributed by atoms with Crippen LogP contribution >= 0.6 is 0 Å². The molecule has 4 heteroatoms. The lowest BCUT2D eigenvalue weighted by Crippen LogP contribution is -2.52. The fraction of sp³-hybridized carbons (Fsp3) is 0.545. The van der Waals surface area contributed by atoms with Crippen LogP contribution < -0.4 is 4.90 Å². The maximum absolute atomic E-state index is 12.7. The number of hydrogen-bond acceptors (Lipinski definition) is 3. The maximum atomic E-state index is 12.7. The summed E-state index contributed by atoms with van der Waals surface area (Å²) >= 11 is 0. The number of anilines is 1. The number of likely N-dealkylation sites (N-methyl/N-ethyl adjacent to an activating group) is 1. The van der Waals surface area contributed by atoms with E-state index in [0.29, 0.717) is 0 Å². The Balaban J connectivity index is 2.06. The summed E-state index contributed by atoms with van der Waals surface area (Å²) in [5, 5.41) is 0. The molecule has 1 fully saturated rings. The van der Waals surface area contributed by atoms with Gasteiger partial charge in [-0.2, -0.15) is 0 Å². The Morgan fingerprint density at radius 2 is 2.40 bits per heavy atom. The smallest absolute Gasteiger partial charge is 0.107 e. The second-order valence-corrected chi connectivity index (χ2v) is 3.95. The van der Waals surface area contributed by atoms with Crippen LogP contribution in [0.2, 0.25) is 0 Å². The van der Waals surface area contributed by atoms with E-state index in [1.165, 1.54) is 0 Å². The molecule has 82 valence electrons. The van der Waals surface area contributed by atoms with Crippen LogP contribution in [0, 0.1) is 0 Å². The highest BCUT2D eigenvalue weighted by molar-refractivity contribution is 5.44. The first-order chi connectivity index (χ1) is 7.31. The summed E-state index contributed by atoms with van der Waals surface area (Å²) in [4.78, 5) is 8.35. The Bertz CT molecular complexity index is 304. The molecule has 0 bridgehead atoms. The predicted octanol–water partition coefficient (Wildman–Crippen LogP) is 1.17. The van der Waals surface area contributed by atoms with Crippen LogP contribution in [0.3, 0.4) is 0 Å². The first-order valence-corrected chi connectivity index (χ1v) is 5.22. The molecule has 0 aromatic carbocycles. The highest BCUT2D eigenvalue weighted by Crippen LogP contribution is 2.17. The Labute approximate surface area is 89.5 Å². The minimum absolute atomic E-state index is 0.0129. The molecule has 1 unspecified atom stereocenters. The van der Waals surface area contributed by atoms with E-state index in [0.717, 1.165) is 25.3 Å². The molecule has 1 aliphatic heterocycles. The maximum Gasteiger partial charge on any atom is 0.107 e. The third-order valence-electron chi connectivity index (χ3n) is 2.97. The molecule has 0 saturated carbocycles. The van der Waals surface area contributed by atoms with Gasteiger partial charge >= 0.3 is 0 Å². The van der Waals surface area contributed by atoms with E-state index in [4.69, 9.17) is 0 Å². The number of alkyl halides is 1. The van der Waals surface area contributed by atoms with Crippen molar-refractivity contribution in [2.45, 2.75) is 6.04 Å². The minimum atomic E-state index is -0.284. The van der Waals surface area contributed by atoms with Crippen LogP contribution in [0.25, 0.3) is 0 Å². The summed E-state index contributed by atoms with van der Waals surface area (Å²) in [6.45, 7) is 2.31. The van der Waals surface area contributed by atoms with Crippen LogP contribution in [-0.2, 0) is 0 Å². The first kappa shape index (κ1) is 10.4. The molecule has 2 rings (SSSR count). The quantitative estimate of drug-likeness (QED) is 0.729. The van der Waals surface area contributed by atoms with Crippen LogP contribution in [0.4, 0.5) is 10.1 Å². The van der Waals surface area contributed by atoms with Crippen molar-refractivity contribution >= 4 is 5.69 Å². The standard InChI is InChI=1S/C11H16FN3/c1-14-5-6-15(9-11(14)7-12)10-3-2-4-13-8-10/h2-4,8,11H,5-7,9H2,1H3. The van der Waals surface area contributed by atoms with E-state index in [1.807, 2.05) is 25.4 Å². The molecule has 0 amide bonds. The van der Waals surface area contributed by atoms with Crippen molar-refractivity contribution in [3.63, 3.8) is 0 Å². The second-order valence-electron chi connectivity index (χ2n) is 3.95. The average molecular weight is 209 g/mol. The van der Waals surface area contributed by atoms with Gasteiger partial charge in [-0.25, -0.2) is 4.39 Å². The summed E-state index contributed by atoms with van der Waals surface area (Å²) in [7, 11) is 1.98. The molecule has 0 radical (unpaired) electrons. The lowest BCUT2D eigenvalue weighted by molar-refractivity contribution is 0.183. The molecule has 0 N–H and O–H groups in total. The van der Waals surface area contributed by atoms with Crippen LogP contribution in [0.5, 0.6) is 0 Å². The predicted molar refractivity (Wildman–Crippen MR) is 58.8 cm³/mol. The monoisotopic (exact) mass is 209 g/mol. The normalized spacial score (nSPS) is 23.1. The average Bonchev–Trinajstić information content (AvgIpc) is 2.31. The molecular weight excluding hydrogens is 193 g/mol. The molecule has 0 spiro atoms. The van der Waals surface area contributed by atoms with Gasteiger partial charge in [0.25, 0.3) is 0 Å². The van der Waals surface area contributed by atoms with Crippen LogP contribution in [-0.4, -0.2) is 49.3 Å². The molecule has 3 nitrogen and oxygen atoms in total. The van der Waals surface area contributed by atoms with E-state index < -0.39 is 0 Å². The zero-order valence-corrected chi connectivity index (χ0v) is 8.93. The Morgan fingerprint density at radius 3 is 3.07 bits per heavy atom. The molecule has 1 aromatic heterocycles. The number of rotatable bonds is 2. The molecule has 1 atom stereocenters. The lowest BCUT2D eigenvalue weighted by Gasteiger charge is -2.39. The third-order valence-corrected chi connectivity index (χ3v) is 2.97. The molecule has 15 heavy (non-hydrogen) atoms. The van der Waals surface area contributed by atoms with Gasteiger partial charge in [-0.3, -0.25) is 9.88 Å². The van der Waals surface area contributed by atoms with Crippen molar-refractivity contribution in [2.24, 2.45) is 0 Å². The van der Waals surface area contributed by atoms with Gasteiger partial charge in [0.2, 0.25) is 0 Å². The summed E-state index contributed by atoms with van der Waals surface area (Å²) < 4.78 is 12.7. The highest BCUT2D eigenvalue weighted by atomic mass is 19.1. The lowest BCUT2D eigenvalue weighted by atomic mass is 10.2. The van der Waals surface area contributed by atoms with E-state index in [9.17, 15) is 4.39 Å². The van der Waals surface area contributed by atoms with E-state index >= 15 is 0 Å². The summed E-state index contributed by atoms with van der Waals surface area (Å²) in [5.41, 5.74) is 1.09. The summed E-state index contributed by atoms with van der Waals surface area (Å²) in [6.07, 6.45) is 3.59. The minimum Gasteiger partial charge on any atom is -0.367 e. The molecule has 0 aliphatic carbocycles. The van der Waals surface area contributed by atoms with Gasteiger partial charge in [0.15, 0.2) is 0 Å². The molecule has 1 aliphatic rings.